The molecular weight excluding hydrogens is 595 g/mol. The Morgan fingerprint density at radius 1 is 1.00 bits per heavy atom. The summed E-state index contributed by atoms with van der Waals surface area (Å²) in [5, 5.41) is 12.7. The van der Waals surface area contributed by atoms with Crippen molar-refractivity contribution >= 4 is 73.5 Å². The maximum Gasteiger partial charge on any atom is 0.254 e. The predicted octanol–water partition coefficient (Wildman–Crippen LogP) is 4.67. The van der Waals surface area contributed by atoms with E-state index in [1.165, 1.54) is 4.90 Å². The molecule has 0 radical (unpaired) electrons. The fourth-order valence-corrected chi connectivity index (χ4v) is 8.58. The van der Waals surface area contributed by atoms with Crippen molar-refractivity contribution in [3.05, 3.63) is 53.6 Å². The lowest BCUT2D eigenvalue weighted by molar-refractivity contribution is -0.141. The topological polar surface area (TPSA) is 95.0 Å². The van der Waals surface area contributed by atoms with E-state index in [9.17, 15) is 24.3 Å². The van der Waals surface area contributed by atoms with Crippen molar-refractivity contribution < 1.29 is 24.3 Å². The van der Waals surface area contributed by atoms with Crippen LogP contribution in [0.15, 0.2) is 48.0 Å². The number of carbonyl (C=O) groups excluding carboxylic acids is 4. The summed E-state index contributed by atoms with van der Waals surface area (Å²) in [6, 6.07) is 10.7. The molecular formula is C28H25BrCl2N2O5. The van der Waals surface area contributed by atoms with Gasteiger partial charge in [0.25, 0.3) is 11.8 Å². The number of rotatable bonds is 4. The maximum absolute atomic E-state index is 13.9. The van der Waals surface area contributed by atoms with Gasteiger partial charge in [-0.15, -0.1) is 23.2 Å². The van der Waals surface area contributed by atoms with Crippen molar-refractivity contribution in [2.45, 2.75) is 41.9 Å². The van der Waals surface area contributed by atoms with Crippen LogP contribution in [0.3, 0.4) is 0 Å². The quantitative estimate of drug-likeness (QED) is 0.232. The van der Waals surface area contributed by atoms with Crippen molar-refractivity contribution in [1.82, 2.24) is 9.80 Å². The Kier molecular flexibility index (Phi) is 5.98. The molecule has 2 aliphatic heterocycles. The smallest absolute Gasteiger partial charge is 0.254 e. The highest BCUT2D eigenvalue weighted by Gasteiger charge is 2.76. The minimum absolute atomic E-state index is 0.0693. The zero-order valence-corrected chi connectivity index (χ0v) is 23.6. The van der Waals surface area contributed by atoms with Crippen molar-refractivity contribution in [1.29, 1.82) is 0 Å². The molecule has 198 valence electrons. The first kappa shape index (κ1) is 25.8. The summed E-state index contributed by atoms with van der Waals surface area (Å²) in [6.45, 7) is 2.22. The third-order valence-corrected chi connectivity index (χ3v) is 10.7. The molecule has 1 saturated carbocycles. The molecule has 10 heteroatoms. The van der Waals surface area contributed by atoms with Gasteiger partial charge in [0, 0.05) is 18.0 Å². The monoisotopic (exact) mass is 618 g/mol. The molecule has 2 heterocycles. The fourth-order valence-electron chi connectivity index (χ4n) is 7.17. The predicted molar refractivity (Wildman–Crippen MR) is 146 cm³/mol. The van der Waals surface area contributed by atoms with Crippen LogP contribution in [0.25, 0.3) is 10.8 Å². The molecule has 38 heavy (non-hydrogen) atoms. The zero-order valence-electron chi connectivity index (χ0n) is 20.5. The molecule has 2 saturated heterocycles. The number of aromatic hydroxyl groups is 1. The number of phenols is 1. The van der Waals surface area contributed by atoms with E-state index in [0.29, 0.717) is 35.9 Å². The number of amides is 4. The highest BCUT2D eigenvalue weighted by Crippen LogP contribution is 2.66. The number of benzene rings is 2. The molecule has 6 unspecified atom stereocenters. The van der Waals surface area contributed by atoms with Crippen LogP contribution in [0.4, 0.5) is 0 Å². The van der Waals surface area contributed by atoms with Gasteiger partial charge in [-0.05, 0) is 42.0 Å². The van der Waals surface area contributed by atoms with Crippen molar-refractivity contribution in [2.75, 3.05) is 12.0 Å². The van der Waals surface area contributed by atoms with Gasteiger partial charge in [-0.2, -0.15) is 0 Å². The highest BCUT2D eigenvalue weighted by molar-refractivity contribution is 9.09. The molecule has 0 spiro atoms. The number of halogens is 3. The summed E-state index contributed by atoms with van der Waals surface area (Å²) in [5.74, 6) is -4.78. The molecule has 7 nitrogen and oxygen atoms in total. The van der Waals surface area contributed by atoms with Crippen molar-refractivity contribution in [3.63, 3.8) is 0 Å². The SMILES string of the molecule is CCCN1C(=O)C2CC=C3C(CC4(Cl)C(=O)N(CBr)C(=O)C4(Cl)C3c3c(O)ccc4ccccc34)C2C1=O. The van der Waals surface area contributed by atoms with E-state index in [2.05, 4.69) is 15.9 Å². The van der Waals surface area contributed by atoms with Gasteiger partial charge in [-0.3, -0.25) is 29.0 Å². The first-order chi connectivity index (χ1) is 18.1. The van der Waals surface area contributed by atoms with Gasteiger partial charge in [0.05, 0.1) is 17.3 Å². The first-order valence-electron chi connectivity index (χ1n) is 12.7. The van der Waals surface area contributed by atoms with Crippen LogP contribution in [-0.2, 0) is 19.2 Å². The normalized spacial score (nSPS) is 34.5. The number of fused-ring (bicyclic) bond motifs is 5. The average molecular weight is 620 g/mol. The van der Waals surface area contributed by atoms with Crippen molar-refractivity contribution in [2.24, 2.45) is 17.8 Å². The minimum atomic E-state index is -1.95. The summed E-state index contributed by atoms with van der Waals surface area (Å²) in [6.07, 6.45) is 2.75. The zero-order chi connectivity index (χ0) is 27.1. The third kappa shape index (κ3) is 3.08. The lowest BCUT2D eigenvalue weighted by atomic mass is 9.56. The Morgan fingerprint density at radius 2 is 1.74 bits per heavy atom. The van der Waals surface area contributed by atoms with Crippen LogP contribution in [-0.4, -0.2) is 60.3 Å². The summed E-state index contributed by atoms with van der Waals surface area (Å²) in [4.78, 5) is 53.0. The Labute approximate surface area is 237 Å². The number of imide groups is 2. The lowest BCUT2D eigenvalue weighted by Gasteiger charge is -2.51. The number of nitrogens with zero attached hydrogens (tertiary/aromatic N) is 2. The Morgan fingerprint density at radius 3 is 2.45 bits per heavy atom. The van der Waals surface area contributed by atoms with Gasteiger partial charge in [-0.25, -0.2) is 0 Å². The summed E-state index contributed by atoms with van der Waals surface area (Å²) < 4.78 is 0. The molecule has 0 aromatic heterocycles. The van der Waals surface area contributed by atoms with E-state index in [1.807, 2.05) is 37.3 Å². The summed E-state index contributed by atoms with van der Waals surface area (Å²) in [5.41, 5.74) is 0.956. The Balaban J connectivity index is 1.63. The Bertz CT molecular complexity index is 1460. The number of carbonyl (C=O) groups is 4. The third-order valence-electron chi connectivity index (χ3n) is 8.79. The molecule has 1 N–H and O–H groups in total. The molecule has 2 aliphatic carbocycles. The van der Waals surface area contributed by atoms with Crippen LogP contribution in [0, 0.1) is 17.8 Å². The van der Waals surface area contributed by atoms with Crippen LogP contribution in [0.2, 0.25) is 0 Å². The number of likely N-dealkylation sites (tertiary alicyclic amines) is 2. The van der Waals surface area contributed by atoms with Gasteiger partial charge in [-0.1, -0.05) is 64.8 Å². The summed E-state index contributed by atoms with van der Waals surface area (Å²) >= 11 is 17.8. The second kappa shape index (κ2) is 8.80. The van der Waals surface area contributed by atoms with Crippen LogP contribution < -0.4 is 0 Å². The van der Waals surface area contributed by atoms with Gasteiger partial charge in [0.15, 0.2) is 9.75 Å². The first-order valence-corrected chi connectivity index (χ1v) is 14.6. The molecule has 3 fully saturated rings. The van der Waals surface area contributed by atoms with E-state index in [-0.39, 0.29) is 29.4 Å². The molecule has 0 bridgehead atoms. The number of hydrogen-bond donors (Lipinski definition) is 1. The highest BCUT2D eigenvalue weighted by atomic mass is 79.9. The van der Waals surface area contributed by atoms with Gasteiger partial charge in [0.1, 0.15) is 5.75 Å². The molecule has 4 amide bonds. The largest absolute Gasteiger partial charge is 0.508 e. The Hall–Kier alpha value is -2.42. The maximum atomic E-state index is 13.9. The van der Waals surface area contributed by atoms with Crippen LogP contribution in [0.5, 0.6) is 5.75 Å². The van der Waals surface area contributed by atoms with E-state index >= 15 is 0 Å². The number of alkyl halides is 3. The number of allylic oxidation sites excluding steroid dienone is 2. The minimum Gasteiger partial charge on any atom is -0.508 e. The van der Waals surface area contributed by atoms with Gasteiger partial charge < -0.3 is 5.11 Å². The van der Waals surface area contributed by atoms with Crippen LogP contribution >= 0.6 is 39.1 Å². The second-order valence-corrected chi connectivity index (χ2v) is 12.3. The number of phenolic OH excluding ortho intramolecular Hbond substituents is 1. The van der Waals surface area contributed by atoms with E-state index < -0.39 is 45.2 Å². The van der Waals surface area contributed by atoms with E-state index in [1.54, 1.807) is 12.1 Å². The fraction of sp³-hybridized carbons (Fsp3) is 0.429. The number of hydrogen-bond acceptors (Lipinski definition) is 5. The molecule has 4 aliphatic rings. The molecule has 2 aromatic rings. The van der Waals surface area contributed by atoms with E-state index in [4.69, 9.17) is 23.2 Å². The lowest BCUT2D eigenvalue weighted by Crippen LogP contribution is -2.60. The summed E-state index contributed by atoms with van der Waals surface area (Å²) in [7, 11) is 0. The van der Waals surface area contributed by atoms with Gasteiger partial charge in [0.2, 0.25) is 11.8 Å². The van der Waals surface area contributed by atoms with E-state index in [0.717, 1.165) is 10.3 Å². The average Bonchev–Trinajstić information content (AvgIpc) is 3.23. The van der Waals surface area contributed by atoms with Gasteiger partial charge >= 0.3 is 0 Å². The standard InChI is InChI=1S/C28H25BrCl2N2O5/c1-2-11-32-23(35)17-9-8-16-18(20(17)24(32)36)12-27(30)25(37)33(13-29)26(38)28(27,31)22(16)21-15-6-4-3-5-14(15)7-10-19(21)34/h3-8,10,17-18,20,22,34H,2,9,11-13H2,1H3. The molecule has 6 rings (SSSR count). The van der Waals surface area contributed by atoms with Crippen LogP contribution in [0.1, 0.15) is 37.7 Å². The molecule has 2 aromatic carbocycles. The molecule has 6 atom stereocenters. The van der Waals surface area contributed by atoms with Crippen molar-refractivity contribution in [3.8, 4) is 5.75 Å². The second-order valence-electron chi connectivity index (χ2n) is 10.5.